The summed E-state index contributed by atoms with van der Waals surface area (Å²) < 4.78 is 2.06. The van der Waals surface area contributed by atoms with E-state index in [1.54, 1.807) is 0 Å². The van der Waals surface area contributed by atoms with Crippen LogP contribution >= 0.6 is 34.5 Å². The summed E-state index contributed by atoms with van der Waals surface area (Å²) in [4.78, 5) is 2.25. The second kappa shape index (κ2) is 3.39. The maximum atomic E-state index is 3.62. The zero-order valence-corrected chi connectivity index (χ0v) is 7.36. The van der Waals surface area contributed by atoms with E-state index in [4.69, 9.17) is 0 Å². The zero-order chi connectivity index (χ0) is 4.28. The van der Waals surface area contributed by atoms with Crippen LogP contribution in [0.3, 0.4) is 0 Å². The van der Waals surface area contributed by atoms with Crippen LogP contribution < -0.4 is 0 Å². The van der Waals surface area contributed by atoms with Crippen molar-refractivity contribution in [2.45, 2.75) is 0 Å². The molecular weight excluding hydrogens is 290 g/mol. The van der Waals surface area contributed by atoms with Crippen LogP contribution in [0.15, 0.2) is 10.7 Å². The van der Waals surface area contributed by atoms with Crippen LogP contribution in [0, 0.1) is 0 Å². The summed E-state index contributed by atoms with van der Waals surface area (Å²) in [5.41, 5.74) is 0. The van der Waals surface area contributed by atoms with E-state index in [2.05, 4.69) is 34.2 Å². The summed E-state index contributed by atoms with van der Waals surface area (Å²) in [6.07, 6.45) is 0. The molecule has 0 spiro atoms. The molecule has 0 aromatic heterocycles. The van der Waals surface area contributed by atoms with Gasteiger partial charge >= 0.3 is 50.1 Å². The standard InChI is InChI=1S/C3H6I2/c1-3-5(2)4/h3H,1H2,2H3. The molecule has 0 aromatic rings. The molecule has 0 heterocycles. The molecule has 0 aliphatic carbocycles. The fourth-order valence-corrected chi connectivity index (χ4v) is 0. The first-order chi connectivity index (χ1) is 2.27. The molecule has 0 saturated carbocycles. The molecule has 0 aromatic carbocycles. The third kappa shape index (κ3) is 5.20. The van der Waals surface area contributed by atoms with Crippen LogP contribution in [0.2, 0.25) is 0 Å². The SMILES string of the molecule is C=CI(C)I. The van der Waals surface area contributed by atoms with Crippen LogP contribution in [0.4, 0.5) is 0 Å². The van der Waals surface area contributed by atoms with Gasteiger partial charge in [-0.15, -0.1) is 0 Å². The quantitative estimate of drug-likeness (QED) is 0.515. The van der Waals surface area contributed by atoms with Gasteiger partial charge in [-0.3, -0.25) is 0 Å². The van der Waals surface area contributed by atoms with E-state index in [0.29, 0.717) is 0 Å². The average molecular weight is 296 g/mol. The van der Waals surface area contributed by atoms with E-state index in [-0.39, 0.29) is 0 Å². The van der Waals surface area contributed by atoms with E-state index >= 15 is 0 Å². The van der Waals surface area contributed by atoms with E-state index in [0.717, 1.165) is 0 Å². The Labute approximate surface area is 49.6 Å². The summed E-state index contributed by atoms with van der Waals surface area (Å²) >= 11 is 1.90. The molecule has 5 heavy (non-hydrogen) atoms. The van der Waals surface area contributed by atoms with Crippen molar-refractivity contribution in [3.63, 3.8) is 0 Å². The van der Waals surface area contributed by atoms with Gasteiger partial charge in [0.05, 0.1) is 0 Å². The van der Waals surface area contributed by atoms with Crippen molar-refractivity contribution < 1.29 is 0 Å². The summed E-state index contributed by atoms with van der Waals surface area (Å²) in [5.74, 6) is 0. The molecule has 0 bridgehead atoms. The number of hydrogen-bond donors (Lipinski definition) is 0. The van der Waals surface area contributed by atoms with Crippen molar-refractivity contribution >= 4 is 34.5 Å². The zero-order valence-electron chi connectivity index (χ0n) is 3.04. The third-order valence-corrected chi connectivity index (χ3v) is 3.66. The van der Waals surface area contributed by atoms with Crippen molar-refractivity contribution in [2.24, 2.45) is 0 Å². The summed E-state index contributed by atoms with van der Waals surface area (Å²) in [6.45, 7) is 3.62. The second-order valence-electron chi connectivity index (χ2n) is 0.598. The molecule has 32 valence electrons. The Kier molecular flexibility index (Phi) is 4.21. The van der Waals surface area contributed by atoms with E-state index < -0.39 is 15.8 Å². The van der Waals surface area contributed by atoms with Gasteiger partial charge in [0.15, 0.2) is 0 Å². The molecule has 0 saturated heterocycles. The van der Waals surface area contributed by atoms with Gasteiger partial charge in [-0.2, -0.15) is 0 Å². The minimum absolute atomic E-state index is 0.548. The Hall–Kier alpha value is 1.20. The number of rotatable bonds is 1. The van der Waals surface area contributed by atoms with Crippen molar-refractivity contribution in [3.8, 4) is 0 Å². The van der Waals surface area contributed by atoms with Crippen molar-refractivity contribution in [2.75, 3.05) is 4.93 Å². The fraction of sp³-hybridized carbons (Fsp3) is 0.333. The molecule has 0 atom stereocenters. The van der Waals surface area contributed by atoms with Gasteiger partial charge in [0.1, 0.15) is 0 Å². The van der Waals surface area contributed by atoms with Crippen LogP contribution in [-0.2, 0) is 0 Å². The van der Waals surface area contributed by atoms with Gasteiger partial charge in [0.25, 0.3) is 0 Å². The third-order valence-electron chi connectivity index (χ3n) is 0.213. The van der Waals surface area contributed by atoms with E-state index in [9.17, 15) is 0 Å². The number of alkyl halides is 1. The van der Waals surface area contributed by atoms with Gasteiger partial charge in [0.2, 0.25) is 0 Å². The Morgan fingerprint density at radius 3 is 2.20 bits per heavy atom. The molecule has 2 heteroatoms. The van der Waals surface area contributed by atoms with Crippen molar-refractivity contribution in [3.05, 3.63) is 10.7 Å². The second-order valence-corrected chi connectivity index (χ2v) is 12.6. The van der Waals surface area contributed by atoms with Crippen LogP contribution in [0.5, 0.6) is 0 Å². The molecular formula is C3H6I2. The fourth-order valence-electron chi connectivity index (χ4n) is 0. The molecule has 0 unspecified atom stereocenters. The Balaban J connectivity index is 2.83. The van der Waals surface area contributed by atoms with Crippen molar-refractivity contribution in [1.82, 2.24) is 0 Å². The van der Waals surface area contributed by atoms with Gasteiger partial charge in [-0.05, 0) is 0 Å². The summed E-state index contributed by atoms with van der Waals surface area (Å²) in [7, 11) is 0. The first-order valence-electron chi connectivity index (χ1n) is 1.15. The molecule has 0 nitrogen and oxygen atoms in total. The van der Waals surface area contributed by atoms with E-state index in [1.807, 2.05) is 0 Å². The molecule has 0 rings (SSSR count). The van der Waals surface area contributed by atoms with Crippen LogP contribution in [-0.4, -0.2) is 4.93 Å². The Bertz CT molecular complexity index is 31.9. The molecule has 0 N–H and O–H groups in total. The Morgan fingerprint density at radius 1 is 2.00 bits per heavy atom. The summed E-state index contributed by atoms with van der Waals surface area (Å²) in [6, 6.07) is 0. The van der Waals surface area contributed by atoms with Gasteiger partial charge in [-0.1, -0.05) is 0 Å². The normalized spacial score (nSPS) is 10.4. The molecule has 0 aliphatic heterocycles. The molecule has 0 amide bonds. The predicted molar refractivity (Wildman–Crippen MR) is 44.2 cm³/mol. The van der Waals surface area contributed by atoms with Gasteiger partial charge in [0, 0.05) is 0 Å². The topological polar surface area (TPSA) is 0 Å². The monoisotopic (exact) mass is 296 g/mol. The average Bonchev–Trinajstić information content (AvgIpc) is 1.38. The maximum absolute atomic E-state index is 3.62. The predicted octanol–water partition coefficient (Wildman–Crippen LogP) is 2.62. The van der Waals surface area contributed by atoms with Crippen molar-refractivity contribution in [1.29, 1.82) is 0 Å². The first-order valence-corrected chi connectivity index (χ1v) is 10.8. The first kappa shape index (κ1) is 6.20. The molecule has 0 fully saturated rings. The molecule has 0 radical (unpaired) electrons. The summed E-state index contributed by atoms with van der Waals surface area (Å²) in [5, 5.41) is 0. The van der Waals surface area contributed by atoms with Crippen LogP contribution in [0.25, 0.3) is 0 Å². The number of hydrogen-bond acceptors (Lipinski definition) is 0. The minimum atomic E-state index is -0.548. The number of halogens is 2. The molecule has 0 aliphatic rings. The van der Waals surface area contributed by atoms with Gasteiger partial charge < -0.3 is 0 Å². The van der Waals surface area contributed by atoms with E-state index in [1.165, 1.54) is 0 Å². The van der Waals surface area contributed by atoms with Crippen LogP contribution in [0.1, 0.15) is 0 Å². The van der Waals surface area contributed by atoms with Gasteiger partial charge in [-0.25, -0.2) is 0 Å². The Morgan fingerprint density at radius 2 is 2.20 bits per heavy atom.